The largest absolute Gasteiger partial charge is 0.473 e. The van der Waals surface area contributed by atoms with Crippen molar-refractivity contribution in [3.05, 3.63) is 59.3 Å². The van der Waals surface area contributed by atoms with Crippen molar-refractivity contribution in [2.45, 2.75) is 20.1 Å². The van der Waals surface area contributed by atoms with Gasteiger partial charge in [-0.15, -0.1) is 0 Å². The molecule has 0 aliphatic rings. The van der Waals surface area contributed by atoms with E-state index in [1.165, 1.54) is 0 Å². The standard InChI is InChI=1S/C14H16N2O/c1-11-7-13(9-15)8-14(16-11)17-10-12-5-3-2-4-6-12/h2-8H,9-10,15H2,1H3. The molecule has 0 bridgehead atoms. The summed E-state index contributed by atoms with van der Waals surface area (Å²) < 4.78 is 5.65. The highest BCUT2D eigenvalue weighted by Crippen LogP contribution is 2.13. The van der Waals surface area contributed by atoms with E-state index < -0.39 is 0 Å². The predicted molar refractivity (Wildman–Crippen MR) is 67.6 cm³/mol. The van der Waals surface area contributed by atoms with Gasteiger partial charge in [0.1, 0.15) is 6.61 Å². The molecule has 0 fully saturated rings. The number of hydrogen-bond donors (Lipinski definition) is 1. The van der Waals surface area contributed by atoms with E-state index in [0.717, 1.165) is 16.8 Å². The van der Waals surface area contributed by atoms with Crippen molar-refractivity contribution in [1.82, 2.24) is 4.98 Å². The molecule has 1 aromatic carbocycles. The minimum Gasteiger partial charge on any atom is -0.473 e. The quantitative estimate of drug-likeness (QED) is 0.874. The zero-order chi connectivity index (χ0) is 12.1. The van der Waals surface area contributed by atoms with Gasteiger partial charge in [0.05, 0.1) is 0 Å². The van der Waals surface area contributed by atoms with Crippen LogP contribution in [0.25, 0.3) is 0 Å². The lowest BCUT2D eigenvalue weighted by molar-refractivity contribution is 0.293. The maximum Gasteiger partial charge on any atom is 0.214 e. The molecule has 0 spiro atoms. The van der Waals surface area contributed by atoms with Crippen LogP contribution in [0.5, 0.6) is 5.88 Å². The Morgan fingerprint density at radius 2 is 1.88 bits per heavy atom. The molecule has 2 rings (SSSR count). The number of aryl methyl sites for hydroxylation is 1. The number of benzene rings is 1. The van der Waals surface area contributed by atoms with Gasteiger partial charge in [0.2, 0.25) is 5.88 Å². The van der Waals surface area contributed by atoms with E-state index in [2.05, 4.69) is 4.98 Å². The third-order valence-corrected chi connectivity index (χ3v) is 2.45. The minimum absolute atomic E-state index is 0.505. The summed E-state index contributed by atoms with van der Waals surface area (Å²) in [5.41, 5.74) is 8.71. The predicted octanol–water partition coefficient (Wildman–Crippen LogP) is 2.43. The van der Waals surface area contributed by atoms with Crippen LogP contribution in [-0.2, 0) is 13.2 Å². The van der Waals surface area contributed by atoms with Gasteiger partial charge in [0.15, 0.2) is 0 Å². The first-order chi connectivity index (χ1) is 8.28. The Labute approximate surface area is 101 Å². The highest BCUT2D eigenvalue weighted by atomic mass is 16.5. The lowest BCUT2D eigenvalue weighted by Crippen LogP contribution is -2.02. The number of ether oxygens (including phenoxy) is 1. The number of rotatable bonds is 4. The van der Waals surface area contributed by atoms with Crippen LogP contribution in [0.3, 0.4) is 0 Å². The molecule has 0 unspecified atom stereocenters. The number of hydrogen-bond acceptors (Lipinski definition) is 3. The average Bonchev–Trinajstić information content (AvgIpc) is 2.37. The highest BCUT2D eigenvalue weighted by molar-refractivity contribution is 5.25. The molecule has 17 heavy (non-hydrogen) atoms. The van der Waals surface area contributed by atoms with E-state index >= 15 is 0 Å². The Morgan fingerprint density at radius 1 is 1.12 bits per heavy atom. The fraction of sp³-hybridized carbons (Fsp3) is 0.214. The molecule has 0 saturated carbocycles. The molecule has 0 atom stereocenters. The summed E-state index contributed by atoms with van der Waals surface area (Å²) in [6.07, 6.45) is 0. The summed E-state index contributed by atoms with van der Waals surface area (Å²) in [4.78, 5) is 4.32. The van der Waals surface area contributed by atoms with Gasteiger partial charge in [0.25, 0.3) is 0 Å². The van der Waals surface area contributed by atoms with Crippen molar-refractivity contribution in [1.29, 1.82) is 0 Å². The second kappa shape index (κ2) is 5.46. The zero-order valence-corrected chi connectivity index (χ0v) is 9.89. The number of aromatic nitrogens is 1. The fourth-order valence-corrected chi connectivity index (χ4v) is 1.63. The molecule has 0 radical (unpaired) electrons. The second-order valence-electron chi connectivity index (χ2n) is 3.93. The second-order valence-corrected chi connectivity index (χ2v) is 3.93. The van der Waals surface area contributed by atoms with Crippen LogP contribution in [0, 0.1) is 6.92 Å². The summed E-state index contributed by atoms with van der Waals surface area (Å²) in [5, 5.41) is 0. The van der Waals surface area contributed by atoms with E-state index in [9.17, 15) is 0 Å². The van der Waals surface area contributed by atoms with Gasteiger partial charge in [-0.05, 0) is 24.1 Å². The maximum absolute atomic E-state index is 5.65. The molecule has 3 heteroatoms. The Balaban J connectivity index is 2.06. The first kappa shape index (κ1) is 11.6. The Morgan fingerprint density at radius 3 is 2.59 bits per heavy atom. The molecule has 1 aromatic heterocycles. The van der Waals surface area contributed by atoms with E-state index in [4.69, 9.17) is 10.5 Å². The molecule has 1 heterocycles. The van der Waals surface area contributed by atoms with Gasteiger partial charge in [-0.3, -0.25) is 0 Å². The topological polar surface area (TPSA) is 48.1 Å². The van der Waals surface area contributed by atoms with Crippen LogP contribution in [0.4, 0.5) is 0 Å². The normalized spacial score (nSPS) is 10.2. The van der Waals surface area contributed by atoms with Gasteiger partial charge >= 0.3 is 0 Å². The van der Waals surface area contributed by atoms with Crippen molar-refractivity contribution in [3.63, 3.8) is 0 Å². The van der Waals surface area contributed by atoms with Gasteiger partial charge in [-0.1, -0.05) is 30.3 Å². The van der Waals surface area contributed by atoms with E-state index in [0.29, 0.717) is 19.0 Å². The summed E-state index contributed by atoms with van der Waals surface area (Å²) in [6.45, 7) is 2.97. The third kappa shape index (κ3) is 3.29. The van der Waals surface area contributed by atoms with Crippen molar-refractivity contribution >= 4 is 0 Å². The molecule has 0 saturated heterocycles. The van der Waals surface area contributed by atoms with Gasteiger partial charge < -0.3 is 10.5 Å². The fourth-order valence-electron chi connectivity index (χ4n) is 1.63. The molecule has 3 nitrogen and oxygen atoms in total. The molecular weight excluding hydrogens is 212 g/mol. The van der Waals surface area contributed by atoms with Crippen molar-refractivity contribution in [2.24, 2.45) is 5.73 Å². The van der Waals surface area contributed by atoms with Crippen LogP contribution in [0.15, 0.2) is 42.5 Å². The number of pyridine rings is 1. The molecule has 0 aliphatic heterocycles. The lowest BCUT2D eigenvalue weighted by atomic mass is 10.2. The van der Waals surface area contributed by atoms with Crippen molar-refractivity contribution < 1.29 is 4.74 Å². The SMILES string of the molecule is Cc1cc(CN)cc(OCc2ccccc2)n1. The van der Waals surface area contributed by atoms with Crippen molar-refractivity contribution in [2.75, 3.05) is 0 Å². The third-order valence-electron chi connectivity index (χ3n) is 2.45. The first-order valence-electron chi connectivity index (χ1n) is 5.62. The molecule has 0 amide bonds. The van der Waals surface area contributed by atoms with E-state index in [1.807, 2.05) is 49.4 Å². The molecular formula is C14H16N2O. The molecule has 0 aliphatic carbocycles. The number of nitrogens with zero attached hydrogens (tertiary/aromatic N) is 1. The summed E-state index contributed by atoms with van der Waals surface area (Å²) in [7, 11) is 0. The van der Waals surface area contributed by atoms with Gasteiger partial charge in [-0.25, -0.2) is 4.98 Å². The van der Waals surface area contributed by atoms with Crippen molar-refractivity contribution in [3.8, 4) is 5.88 Å². The van der Waals surface area contributed by atoms with Crippen LogP contribution in [-0.4, -0.2) is 4.98 Å². The average molecular weight is 228 g/mol. The van der Waals surface area contributed by atoms with Crippen LogP contribution >= 0.6 is 0 Å². The minimum atomic E-state index is 0.505. The summed E-state index contributed by atoms with van der Waals surface area (Å²) in [6, 6.07) is 13.9. The summed E-state index contributed by atoms with van der Waals surface area (Å²) in [5.74, 6) is 0.634. The Bertz CT molecular complexity index is 483. The van der Waals surface area contributed by atoms with Crippen LogP contribution < -0.4 is 10.5 Å². The molecule has 2 aromatic rings. The Hall–Kier alpha value is -1.87. The monoisotopic (exact) mass is 228 g/mol. The van der Waals surface area contributed by atoms with Crippen LogP contribution in [0.1, 0.15) is 16.8 Å². The zero-order valence-electron chi connectivity index (χ0n) is 9.89. The molecule has 88 valence electrons. The highest BCUT2D eigenvalue weighted by Gasteiger charge is 2.00. The van der Waals surface area contributed by atoms with Gasteiger partial charge in [0, 0.05) is 18.3 Å². The smallest absolute Gasteiger partial charge is 0.214 e. The van der Waals surface area contributed by atoms with Gasteiger partial charge in [-0.2, -0.15) is 0 Å². The Kier molecular flexibility index (Phi) is 3.73. The number of nitrogens with two attached hydrogens (primary N) is 1. The molecule has 2 N–H and O–H groups in total. The first-order valence-corrected chi connectivity index (χ1v) is 5.62. The maximum atomic E-state index is 5.65. The van der Waals surface area contributed by atoms with E-state index in [1.54, 1.807) is 0 Å². The lowest BCUT2D eigenvalue weighted by Gasteiger charge is -2.07. The van der Waals surface area contributed by atoms with E-state index in [-0.39, 0.29) is 0 Å². The van der Waals surface area contributed by atoms with Crippen LogP contribution in [0.2, 0.25) is 0 Å². The summed E-state index contributed by atoms with van der Waals surface area (Å²) >= 11 is 0.